The third-order valence-electron chi connectivity index (χ3n) is 1.70. The Balaban J connectivity index is 2.94. The highest BCUT2D eigenvalue weighted by Crippen LogP contribution is 2.10. The Morgan fingerprint density at radius 1 is 1.14 bits per heavy atom. The second-order valence-electron chi connectivity index (χ2n) is 3.25. The van der Waals surface area contributed by atoms with Gasteiger partial charge in [0.1, 0.15) is 0 Å². The van der Waals surface area contributed by atoms with E-state index in [2.05, 4.69) is 4.99 Å². The third-order valence-corrected chi connectivity index (χ3v) is 1.70. The summed E-state index contributed by atoms with van der Waals surface area (Å²) in [4.78, 5) is 6.27. The summed E-state index contributed by atoms with van der Waals surface area (Å²) in [6.45, 7) is 0. The van der Waals surface area contributed by atoms with Gasteiger partial charge in [0.05, 0.1) is 5.69 Å². The van der Waals surface area contributed by atoms with Gasteiger partial charge in [-0.15, -0.1) is 0 Å². The van der Waals surface area contributed by atoms with Crippen LogP contribution < -0.4 is 5.84 Å². The lowest BCUT2D eigenvalue weighted by atomic mass is 10.3. The van der Waals surface area contributed by atoms with Gasteiger partial charge in [-0.2, -0.15) is 0 Å². The van der Waals surface area contributed by atoms with E-state index >= 15 is 0 Å². The fourth-order valence-electron chi connectivity index (χ4n) is 1.11. The van der Waals surface area contributed by atoms with Gasteiger partial charge < -0.3 is 4.90 Å². The fraction of sp³-hybridized carbons (Fsp3) is 0.300. The predicted octanol–water partition coefficient (Wildman–Crippen LogP) is 1.04. The second kappa shape index (κ2) is 4.62. The third kappa shape index (κ3) is 2.74. The molecule has 0 aliphatic carbocycles. The van der Waals surface area contributed by atoms with Crippen LogP contribution in [0.25, 0.3) is 0 Å². The molecule has 14 heavy (non-hydrogen) atoms. The zero-order valence-corrected chi connectivity index (χ0v) is 8.81. The van der Waals surface area contributed by atoms with Crippen molar-refractivity contribution in [2.45, 2.75) is 0 Å². The van der Waals surface area contributed by atoms with Crippen molar-refractivity contribution in [2.75, 3.05) is 21.1 Å². The Morgan fingerprint density at radius 2 is 1.71 bits per heavy atom. The number of aliphatic imine (C=N–C) groups is 1. The zero-order valence-electron chi connectivity index (χ0n) is 8.81. The van der Waals surface area contributed by atoms with Crippen molar-refractivity contribution in [3.63, 3.8) is 0 Å². The van der Waals surface area contributed by atoms with Crippen molar-refractivity contribution < 1.29 is 0 Å². The van der Waals surface area contributed by atoms with Gasteiger partial charge in [0.2, 0.25) is 5.96 Å². The first-order chi connectivity index (χ1) is 6.61. The standard InChI is InChI=1S/C10H16N4/c1-13(2)10(14(3)11)12-9-7-5-4-6-8-9/h4-8H,11H2,1-3H3/b12-10+. The SMILES string of the molecule is CN(C)/C(=N\c1ccccc1)N(C)N. The van der Waals surface area contributed by atoms with E-state index in [1.165, 1.54) is 5.01 Å². The lowest BCUT2D eigenvalue weighted by Gasteiger charge is -2.21. The number of guanidine groups is 1. The van der Waals surface area contributed by atoms with Gasteiger partial charge in [-0.3, -0.25) is 5.01 Å². The molecule has 1 aromatic carbocycles. The minimum Gasteiger partial charge on any atom is -0.348 e. The maximum absolute atomic E-state index is 5.65. The molecule has 0 heterocycles. The van der Waals surface area contributed by atoms with Crippen LogP contribution in [0.1, 0.15) is 0 Å². The predicted molar refractivity (Wildman–Crippen MR) is 59.2 cm³/mol. The van der Waals surface area contributed by atoms with Crippen molar-refractivity contribution in [3.05, 3.63) is 30.3 Å². The Hall–Kier alpha value is -1.55. The fourth-order valence-corrected chi connectivity index (χ4v) is 1.11. The molecule has 4 nitrogen and oxygen atoms in total. The van der Waals surface area contributed by atoms with Crippen molar-refractivity contribution >= 4 is 11.6 Å². The molecule has 0 aromatic heterocycles. The summed E-state index contributed by atoms with van der Waals surface area (Å²) < 4.78 is 0. The van der Waals surface area contributed by atoms with Gasteiger partial charge in [-0.1, -0.05) is 18.2 Å². The van der Waals surface area contributed by atoms with Gasteiger partial charge in [0, 0.05) is 21.1 Å². The molecule has 0 unspecified atom stereocenters. The first-order valence-corrected chi connectivity index (χ1v) is 4.40. The molecular formula is C10H16N4. The molecule has 0 aliphatic heterocycles. The van der Waals surface area contributed by atoms with E-state index in [0.29, 0.717) is 0 Å². The van der Waals surface area contributed by atoms with E-state index in [9.17, 15) is 0 Å². The Bertz CT molecular complexity index is 293. The van der Waals surface area contributed by atoms with Gasteiger partial charge in [-0.05, 0) is 12.1 Å². The molecule has 76 valence electrons. The highest BCUT2D eigenvalue weighted by atomic mass is 15.5. The molecule has 0 amide bonds. The van der Waals surface area contributed by atoms with E-state index in [4.69, 9.17) is 5.84 Å². The molecule has 4 heteroatoms. The smallest absolute Gasteiger partial charge is 0.215 e. The van der Waals surface area contributed by atoms with Gasteiger partial charge >= 0.3 is 0 Å². The minimum atomic E-state index is 0.719. The molecule has 0 bridgehead atoms. The van der Waals surface area contributed by atoms with E-state index in [-0.39, 0.29) is 0 Å². The topological polar surface area (TPSA) is 44.9 Å². The lowest BCUT2D eigenvalue weighted by Crippen LogP contribution is -2.42. The molecule has 0 aliphatic rings. The van der Waals surface area contributed by atoms with E-state index < -0.39 is 0 Å². The normalized spacial score (nSPS) is 11.3. The highest BCUT2D eigenvalue weighted by molar-refractivity contribution is 5.81. The molecule has 0 spiro atoms. The van der Waals surface area contributed by atoms with Crippen molar-refractivity contribution in [1.29, 1.82) is 0 Å². The molecule has 0 fully saturated rings. The lowest BCUT2D eigenvalue weighted by molar-refractivity contribution is 0.441. The summed E-state index contributed by atoms with van der Waals surface area (Å²) in [7, 11) is 5.58. The Kier molecular flexibility index (Phi) is 3.48. The quantitative estimate of drug-likeness (QED) is 0.313. The van der Waals surface area contributed by atoms with Crippen LogP contribution in [0.4, 0.5) is 5.69 Å². The molecular weight excluding hydrogens is 176 g/mol. The van der Waals surface area contributed by atoms with Crippen LogP contribution in [-0.4, -0.2) is 37.0 Å². The molecule has 1 aromatic rings. The maximum Gasteiger partial charge on any atom is 0.215 e. The summed E-state index contributed by atoms with van der Waals surface area (Å²) in [6.07, 6.45) is 0. The average molecular weight is 192 g/mol. The van der Waals surface area contributed by atoms with E-state index in [1.807, 2.05) is 49.3 Å². The molecule has 0 saturated carbocycles. The monoisotopic (exact) mass is 192 g/mol. The van der Waals surface area contributed by atoms with E-state index in [1.54, 1.807) is 7.05 Å². The second-order valence-corrected chi connectivity index (χ2v) is 3.25. The Labute approximate surface area is 84.6 Å². The first-order valence-electron chi connectivity index (χ1n) is 4.40. The molecule has 0 atom stereocenters. The van der Waals surface area contributed by atoms with Crippen molar-refractivity contribution in [1.82, 2.24) is 9.91 Å². The van der Waals surface area contributed by atoms with Crippen LogP contribution in [-0.2, 0) is 0 Å². The number of nitrogens with two attached hydrogens (primary N) is 1. The van der Waals surface area contributed by atoms with Gasteiger partial charge in [0.15, 0.2) is 0 Å². The van der Waals surface area contributed by atoms with Crippen molar-refractivity contribution in [2.24, 2.45) is 10.8 Å². The summed E-state index contributed by atoms with van der Waals surface area (Å²) in [5.74, 6) is 6.37. The maximum atomic E-state index is 5.65. The van der Waals surface area contributed by atoms with Gasteiger partial charge in [-0.25, -0.2) is 10.8 Å². The zero-order chi connectivity index (χ0) is 10.6. The number of benzene rings is 1. The summed E-state index contributed by atoms with van der Waals surface area (Å²) >= 11 is 0. The van der Waals surface area contributed by atoms with Crippen LogP contribution in [0, 0.1) is 0 Å². The van der Waals surface area contributed by atoms with Crippen LogP contribution in [0.2, 0.25) is 0 Å². The van der Waals surface area contributed by atoms with Gasteiger partial charge in [0.25, 0.3) is 0 Å². The average Bonchev–Trinajstić information content (AvgIpc) is 2.15. The van der Waals surface area contributed by atoms with E-state index in [0.717, 1.165) is 11.6 Å². The van der Waals surface area contributed by atoms with Crippen molar-refractivity contribution in [3.8, 4) is 0 Å². The summed E-state index contributed by atoms with van der Waals surface area (Å²) in [5, 5.41) is 1.49. The number of hydrogen-bond donors (Lipinski definition) is 1. The van der Waals surface area contributed by atoms with Crippen LogP contribution in [0.15, 0.2) is 35.3 Å². The number of hydrazine groups is 1. The van der Waals surface area contributed by atoms with Crippen LogP contribution in [0.5, 0.6) is 0 Å². The first kappa shape index (κ1) is 10.5. The van der Waals surface area contributed by atoms with Crippen LogP contribution in [0.3, 0.4) is 0 Å². The number of rotatable bonds is 1. The minimum absolute atomic E-state index is 0.719. The number of para-hydroxylation sites is 1. The highest BCUT2D eigenvalue weighted by Gasteiger charge is 2.04. The molecule has 1 rings (SSSR count). The molecule has 2 N–H and O–H groups in total. The summed E-state index contributed by atoms with van der Waals surface area (Å²) in [6, 6.07) is 9.73. The summed E-state index contributed by atoms with van der Waals surface area (Å²) in [5.41, 5.74) is 0.897. The number of hydrogen-bond acceptors (Lipinski definition) is 2. The Morgan fingerprint density at radius 3 is 2.14 bits per heavy atom. The molecule has 0 radical (unpaired) electrons. The number of nitrogens with zero attached hydrogens (tertiary/aromatic N) is 3. The van der Waals surface area contributed by atoms with Crippen LogP contribution >= 0.6 is 0 Å². The largest absolute Gasteiger partial charge is 0.348 e. The molecule has 0 saturated heterocycles.